The lowest BCUT2D eigenvalue weighted by atomic mass is 9.97. The number of hydrogen-bond donors (Lipinski definition) is 3. The number of carbonyl (C=O) groups is 2. The molecule has 1 aromatic carbocycles. The molecule has 2 rings (SSSR count). The Morgan fingerprint density at radius 1 is 1.26 bits per heavy atom. The molecule has 0 atom stereocenters. The maximum absolute atomic E-state index is 12.5. The average Bonchev–Trinajstić information content (AvgIpc) is 2.85. The molecule has 122 valence electrons. The molecule has 2 aromatic rings. The first-order chi connectivity index (χ1) is 10.9. The normalized spacial score (nSPS) is 10.8. The van der Waals surface area contributed by atoms with Crippen LogP contribution < -0.4 is 11.1 Å². The maximum atomic E-state index is 12.5. The van der Waals surface area contributed by atoms with Crippen molar-refractivity contribution in [3.63, 3.8) is 0 Å². The van der Waals surface area contributed by atoms with Crippen molar-refractivity contribution < 1.29 is 9.59 Å². The predicted octanol–water partition coefficient (Wildman–Crippen LogP) is 2.40. The van der Waals surface area contributed by atoms with Crippen molar-refractivity contribution in [3.05, 3.63) is 58.4 Å². The van der Waals surface area contributed by atoms with Crippen LogP contribution in [-0.4, -0.2) is 16.8 Å². The Morgan fingerprint density at radius 3 is 2.61 bits per heavy atom. The van der Waals surface area contributed by atoms with Crippen molar-refractivity contribution in [2.75, 3.05) is 0 Å². The van der Waals surface area contributed by atoms with E-state index in [-0.39, 0.29) is 12.3 Å². The maximum Gasteiger partial charge on any atom is 0.253 e. The number of benzene rings is 1. The van der Waals surface area contributed by atoms with Crippen LogP contribution in [0.1, 0.15) is 52.5 Å². The molecule has 4 N–H and O–H groups in total. The Labute approximate surface area is 136 Å². The number of nitrogens with two attached hydrogens (primary N) is 1. The number of aromatic nitrogens is 1. The number of aromatic amines is 1. The minimum atomic E-state index is -0.467. The summed E-state index contributed by atoms with van der Waals surface area (Å²) in [6, 6.07) is 8.06. The molecule has 0 bridgehead atoms. The summed E-state index contributed by atoms with van der Waals surface area (Å²) in [6.45, 7) is 6.54. The van der Waals surface area contributed by atoms with Gasteiger partial charge in [-0.3, -0.25) is 9.59 Å². The molecule has 0 saturated carbocycles. The van der Waals surface area contributed by atoms with Crippen molar-refractivity contribution >= 4 is 11.8 Å². The molecule has 1 aromatic heterocycles. The van der Waals surface area contributed by atoms with E-state index in [0.29, 0.717) is 23.7 Å². The number of H-pyrrole nitrogens is 1. The number of carbonyl (C=O) groups excluding carboxylic acids is 2. The SMILES string of the molecule is Cc1c[nH]c(CC(N)=O)c1C(=O)NCc1ccccc1C(C)C. The lowest BCUT2D eigenvalue weighted by Gasteiger charge is -2.13. The van der Waals surface area contributed by atoms with Gasteiger partial charge >= 0.3 is 0 Å². The summed E-state index contributed by atoms with van der Waals surface area (Å²) < 4.78 is 0. The van der Waals surface area contributed by atoms with E-state index in [0.717, 1.165) is 11.1 Å². The van der Waals surface area contributed by atoms with Gasteiger partial charge in [-0.15, -0.1) is 0 Å². The van der Waals surface area contributed by atoms with E-state index in [1.54, 1.807) is 6.20 Å². The molecule has 0 aliphatic heterocycles. The molecule has 0 fully saturated rings. The first kappa shape index (κ1) is 16.8. The van der Waals surface area contributed by atoms with Crippen LogP contribution in [0.3, 0.4) is 0 Å². The van der Waals surface area contributed by atoms with Gasteiger partial charge < -0.3 is 16.0 Å². The van der Waals surface area contributed by atoms with Gasteiger partial charge in [0, 0.05) is 18.4 Å². The number of primary amides is 1. The van der Waals surface area contributed by atoms with Crippen molar-refractivity contribution in [2.45, 2.75) is 39.7 Å². The zero-order valence-electron chi connectivity index (χ0n) is 13.8. The van der Waals surface area contributed by atoms with Crippen LogP contribution in [0.25, 0.3) is 0 Å². The zero-order valence-corrected chi connectivity index (χ0v) is 13.8. The molecule has 0 aliphatic carbocycles. The standard InChI is InChI=1S/C18H23N3O2/c1-11(2)14-7-5-4-6-13(14)10-21-18(23)17-12(3)9-20-15(17)8-16(19)22/h4-7,9,11,20H,8,10H2,1-3H3,(H2,19,22)(H,21,23). The topological polar surface area (TPSA) is 88.0 Å². The highest BCUT2D eigenvalue weighted by molar-refractivity contribution is 5.98. The quantitative estimate of drug-likeness (QED) is 0.764. The number of hydrogen-bond acceptors (Lipinski definition) is 2. The van der Waals surface area contributed by atoms with Crippen LogP contribution in [0.2, 0.25) is 0 Å². The first-order valence-electron chi connectivity index (χ1n) is 7.71. The summed E-state index contributed by atoms with van der Waals surface area (Å²) in [5.41, 5.74) is 9.41. The number of nitrogens with one attached hydrogen (secondary N) is 2. The van der Waals surface area contributed by atoms with Gasteiger partial charge in [-0.05, 0) is 29.5 Å². The smallest absolute Gasteiger partial charge is 0.253 e. The fraction of sp³-hybridized carbons (Fsp3) is 0.333. The largest absolute Gasteiger partial charge is 0.369 e. The van der Waals surface area contributed by atoms with Gasteiger partial charge in [0.1, 0.15) is 0 Å². The van der Waals surface area contributed by atoms with E-state index < -0.39 is 5.91 Å². The lowest BCUT2D eigenvalue weighted by molar-refractivity contribution is -0.117. The van der Waals surface area contributed by atoms with E-state index in [2.05, 4.69) is 30.2 Å². The lowest BCUT2D eigenvalue weighted by Crippen LogP contribution is -2.26. The third-order valence-corrected chi connectivity index (χ3v) is 3.85. The third kappa shape index (κ3) is 4.00. The Morgan fingerprint density at radius 2 is 1.96 bits per heavy atom. The van der Waals surface area contributed by atoms with E-state index in [9.17, 15) is 9.59 Å². The van der Waals surface area contributed by atoms with Crippen LogP contribution in [-0.2, 0) is 17.8 Å². The fourth-order valence-electron chi connectivity index (χ4n) is 2.73. The van der Waals surface area contributed by atoms with E-state index in [4.69, 9.17) is 5.73 Å². The monoisotopic (exact) mass is 313 g/mol. The Balaban J connectivity index is 2.15. The van der Waals surface area contributed by atoms with Crippen LogP contribution in [0, 0.1) is 6.92 Å². The predicted molar refractivity (Wildman–Crippen MR) is 90.1 cm³/mol. The molecule has 0 spiro atoms. The van der Waals surface area contributed by atoms with E-state index >= 15 is 0 Å². The van der Waals surface area contributed by atoms with Gasteiger partial charge in [0.05, 0.1) is 12.0 Å². The zero-order chi connectivity index (χ0) is 17.0. The van der Waals surface area contributed by atoms with Crippen LogP contribution in [0.15, 0.2) is 30.5 Å². The second-order valence-electron chi connectivity index (χ2n) is 6.00. The highest BCUT2D eigenvalue weighted by Crippen LogP contribution is 2.19. The molecule has 5 heteroatoms. The van der Waals surface area contributed by atoms with E-state index in [1.807, 2.05) is 25.1 Å². The second kappa shape index (κ2) is 7.13. The van der Waals surface area contributed by atoms with Crippen LogP contribution in [0.5, 0.6) is 0 Å². The average molecular weight is 313 g/mol. The first-order valence-corrected chi connectivity index (χ1v) is 7.71. The van der Waals surface area contributed by atoms with Crippen LogP contribution >= 0.6 is 0 Å². The van der Waals surface area contributed by atoms with Gasteiger partial charge in [-0.25, -0.2) is 0 Å². The van der Waals surface area contributed by atoms with Crippen molar-refractivity contribution in [2.24, 2.45) is 5.73 Å². The molecule has 23 heavy (non-hydrogen) atoms. The second-order valence-corrected chi connectivity index (χ2v) is 6.00. The Hall–Kier alpha value is -2.56. The van der Waals surface area contributed by atoms with Crippen molar-refractivity contribution in [3.8, 4) is 0 Å². The molecule has 5 nitrogen and oxygen atoms in total. The number of aryl methyl sites for hydroxylation is 1. The highest BCUT2D eigenvalue weighted by atomic mass is 16.2. The number of rotatable bonds is 6. The Kier molecular flexibility index (Phi) is 5.21. The van der Waals surface area contributed by atoms with Crippen molar-refractivity contribution in [1.82, 2.24) is 10.3 Å². The summed E-state index contributed by atoms with van der Waals surface area (Å²) in [7, 11) is 0. The van der Waals surface area contributed by atoms with Gasteiger partial charge in [0.15, 0.2) is 0 Å². The minimum Gasteiger partial charge on any atom is -0.369 e. The summed E-state index contributed by atoms with van der Waals surface area (Å²) in [4.78, 5) is 26.6. The van der Waals surface area contributed by atoms with Gasteiger partial charge in [-0.1, -0.05) is 38.1 Å². The molecule has 0 aliphatic rings. The minimum absolute atomic E-state index is 0.0270. The number of amides is 2. The fourth-order valence-corrected chi connectivity index (χ4v) is 2.73. The third-order valence-electron chi connectivity index (χ3n) is 3.85. The summed E-state index contributed by atoms with van der Waals surface area (Å²) >= 11 is 0. The van der Waals surface area contributed by atoms with Gasteiger partial charge in [0.2, 0.25) is 5.91 Å². The molecule has 0 radical (unpaired) electrons. The van der Waals surface area contributed by atoms with Crippen LogP contribution in [0.4, 0.5) is 0 Å². The molecule has 2 amide bonds. The molecular weight excluding hydrogens is 290 g/mol. The van der Waals surface area contributed by atoms with Crippen molar-refractivity contribution in [1.29, 1.82) is 0 Å². The summed E-state index contributed by atoms with van der Waals surface area (Å²) in [5.74, 6) is -0.271. The summed E-state index contributed by atoms with van der Waals surface area (Å²) in [5, 5.41) is 2.94. The molecular formula is C18H23N3O2. The molecule has 0 unspecified atom stereocenters. The van der Waals surface area contributed by atoms with Gasteiger partial charge in [-0.2, -0.15) is 0 Å². The molecule has 1 heterocycles. The Bertz CT molecular complexity index is 717. The summed E-state index contributed by atoms with van der Waals surface area (Å²) in [6.07, 6.45) is 1.74. The molecule has 0 saturated heterocycles. The van der Waals surface area contributed by atoms with Gasteiger partial charge in [0.25, 0.3) is 5.91 Å². The van der Waals surface area contributed by atoms with E-state index in [1.165, 1.54) is 5.56 Å². The highest BCUT2D eigenvalue weighted by Gasteiger charge is 2.18.